The molecule has 2 aromatic carbocycles. The van der Waals surface area contributed by atoms with Gasteiger partial charge in [0.25, 0.3) is 0 Å². The van der Waals surface area contributed by atoms with E-state index in [2.05, 4.69) is 0 Å². The lowest BCUT2D eigenvalue weighted by Gasteiger charge is -2.24. The lowest BCUT2D eigenvalue weighted by atomic mass is 10.2. The average Bonchev–Trinajstić information content (AvgIpc) is 2.42. The number of thiocarbonyl (C=S) groups is 1. The number of nitrogens with zero attached hydrogens (tertiary/aromatic N) is 1. The molecule has 2 N–H and O–H groups in total. The molecule has 0 amide bonds. The van der Waals surface area contributed by atoms with E-state index in [-0.39, 0.29) is 11.5 Å². The molecule has 19 heavy (non-hydrogen) atoms. The van der Waals surface area contributed by atoms with Crippen LogP contribution >= 0.6 is 12.2 Å². The summed E-state index contributed by atoms with van der Waals surface area (Å²) in [5, 5.41) is 18.6. The SMILES string of the molecule is CCN(C(=S)c1ccc(O)cc1)c1ccc(O)cc1. The second-order valence-electron chi connectivity index (χ2n) is 4.11. The van der Waals surface area contributed by atoms with E-state index in [9.17, 15) is 10.2 Å². The second kappa shape index (κ2) is 5.71. The van der Waals surface area contributed by atoms with Gasteiger partial charge in [0.05, 0.1) is 0 Å². The molecule has 0 aliphatic carbocycles. The molecule has 0 spiro atoms. The molecule has 4 heteroatoms. The summed E-state index contributed by atoms with van der Waals surface area (Å²) in [6, 6.07) is 13.7. The van der Waals surface area contributed by atoms with Crippen LogP contribution in [-0.4, -0.2) is 21.7 Å². The number of benzene rings is 2. The highest BCUT2D eigenvalue weighted by Crippen LogP contribution is 2.21. The van der Waals surface area contributed by atoms with Crippen LogP contribution in [0.3, 0.4) is 0 Å². The Kier molecular flexibility index (Phi) is 4.02. The molecule has 0 aromatic heterocycles. The van der Waals surface area contributed by atoms with Crippen LogP contribution < -0.4 is 4.90 Å². The number of anilines is 1. The third kappa shape index (κ3) is 3.03. The summed E-state index contributed by atoms with van der Waals surface area (Å²) in [5.41, 5.74) is 1.81. The zero-order valence-corrected chi connectivity index (χ0v) is 11.4. The van der Waals surface area contributed by atoms with Gasteiger partial charge in [-0.2, -0.15) is 0 Å². The van der Waals surface area contributed by atoms with E-state index in [0.717, 1.165) is 17.8 Å². The number of hydrogen-bond donors (Lipinski definition) is 2. The van der Waals surface area contributed by atoms with Crippen molar-refractivity contribution in [1.29, 1.82) is 0 Å². The van der Waals surface area contributed by atoms with Gasteiger partial charge < -0.3 is 15.1 Å². The molecule has 0 heterocycles. The molecule has 0 aliphatic rings. The largest absolute Gasteiger partial charge is 0.508 e. The van der Waals surface area contributed by atoms with Crippen LogP contribution in [0.5, 0.6) is 11.5 Å². The molecule has 2 aromatic rings. The molecule has 0 aliphatic heterocycles. The van der Waals surface area contributed by atoms with Gasteiger partial charge in [-0.05, 0) is 55.5 Å². The Labute approximate surface area is 117 Å². The Bertz CT molecular complexity index is 564. The minimum atomic E-state index is 0.222. The van der Waals surface area contributed by atoms with Gasteiger partial charge in [0.1, 0.15) is 16.5 Å². The van der Waals surface area contributed by atoms with Crippen molar-refractivity contribution in [2.75, 3.05) is 11.4 Å². The van der Waals surface area contributed by atoms with Crippen molar-refractivity contribution in [3.05, 3.63) is 54.1 Å². The summed E-state index contributed by atoms with van der Waals surface area (Å²) >= 11 is 5.48. The van der Waals surface area contributed by atoms with Gasteiger partial charge in [0, 0.05) is 17.8 Å². The number of rotatable bonds is 3. The van der Waals surface area contributed by atoms with Gasteiger partial charge in [-0.15, -0.1) is 0 Å². The summed E-state index contributed by atoms with van der Waals surface area (Å²) in [5.74, 6) is 0.453. The van der Waals surface area contributed by atoms with Gasteiger partial charge >= 0.3 is 0 Å². The smallest absolute Gasteiger partial charge is 0.115 e. The van der Waals surface area contributed by atoms with Crippen molar-refractivity contribution in [1.82, 2.24) is 0 Å². The highest BCUT2D eigenvalue weighted by Gasteiger charge is 2.12. The highest BCUT2D eigenvalue weighted by atomic mass is 32.1. The molecule has 0 atom stereocenters. The molecule has 0 saturated heterocycles. The minimum absolute atomic E-state index is 0.222. The van der Waals surface area contributed by atoms with E-state index in [0.29, 0.717) is 4.99 Å². The standard InChI is InChI=1S/C15H15NO2S/c1-2-16(12-5-9-14(18)10-6-12)15(19)11-3-7-13(17)8-4-11/h3-10,17-18H,2H2,1H3. The predicted molar refractivity (Wildman–Crippen MR) is 80.9 cm³/mol. The molecular weight excluding hydrogens is 258 g/mol. The van der Waals surface area contributed by atoms with Crippen molar-refractivity contribution in [2.24, 2.45) is 0 Å². The van der Waals surface area contributed by atoms with Crippen LogP contribution in [0, 0.1) is 0 Å². The first-order valence-electron chi connectivity index (χ1n) is 6.01. The Morgan fingerprint density at radius 3 is 1.89 bits per heavy atom. The molecule has 2 rings (SSSR count). The predicted octanol–water partition coefficient (Wildman–Crippen LogP) is 3.30. The fourth-order valence-electron chi connectivity index (χ4n) is 1.84. The molecule has 0 unspecified atom stereocenters. The number of aromatic hydroxyl groups is 2. The van der Waals surface area contributed by atoms with E-state index >= 15 is 0 Å². The van der Waals surface area contributed by atoms with Gasteiger partial charge in [-0.25, -0.2) is 0 Å². The summed E-state index contributed by atoms with van der Waals surface area (Å²) in [4.78, 5) is 2.66. The minimum Gasteiger partial charge on any atom is -0.508 e. The fraction of sp³-hybridized carbons (Fsp3) is 0.133. The third-order valence-electron chi connectivity index (χ3n) is 2.84. The number of phenolic OH excluding ortho intramolecular Hbond substituents is 2. The lowest BCUT2D eigenvalue weighted by Crippen LogP contribution is -2.29. The van der Waals surface area contributed by atoms with Crippen LogP contribution in [0.2, 0.25) is 0 Å². The van der Waals surface area contributed by atoms with Crippen molar-refractivity contribution >= 4 is 22.9 Å². The Morgan fingerprint density at radius 1 is 0.947 bits per heavy atom. The van der Waals surface area contributed by atoms with Crippen LogP contribution in [0.25, 0.3) is 0 Å². The van der Waals surface area contributed by atoms with Gasteiger partial charge in [0.2, 0.25) is 0 Å². The molecule has 98 valence electrons. The summed E-state index contributed by atoms with van der Waals surface area (Å²) in [6.45, 7) is 2.74. The quantitative estimate of drug-likeness (QED) is 0.842. The average molecular weight is 273 g/mol. The van der Waals surface area contributed by atoms with Crippen LogP contribution in [-0.2, 0) is 0 Å². The van der Waals surface area contributed by atoms with Crippen molar-refractivity contribution < 1.29 is 10.2 Å². The van der Waals surface area contributed by atoms with Gasteiger partial charge in [-0.3, -0.25) is 0 Å². The molecule has 0 saturated carbocycles. The van der Waals surface area contributed by atoms with Gasteiger partial charge in [-0.1, -0.05) is 12.2 Å². The first-order chi connectivity index (χ1) is 9.11. The van der Waals surface area contributed by atoms with Crippen LogP contribution in [0.15, 0.2) is 48.5 Å². The Morgan fingerprint density at radius 2 is 1.42 bits per heavy atom. The van der Waals surface area contributed by atoms with Crippen LogP contribution in [0.1, 0.15) is 12.5 Å². The first kappa shape index (κ1) is 13.4. The first-order valence-corrected chi connectivity index (χ1v) is 6.42. The zero-order chi connectivity index (χ0) is 13.8. The Hall–Kier alpha value is -2.07. The second-order valence-corrected chi connectivity index (χ2v) is 4.50. The van der Waals surface area contributed by atoms with Gasteiger partial charge in [0.15, 0.2) is 0 Å². The highest BCUT2D eigenvalue weighted by molar-refractivity contribution is 7.81. The fourth-order valence-corrected chi connectivity index (χ4v) is 2.21. The van der Waals surface area contributed by atoms with E-state index in [4.69, 9.17) is 12.2 Å². The van der Waals surface area contributed by atoms with Crippen molar-refractivity contribution in [2.45, 2.75) is 6.92 Å². The third-order valence-corrected chi connectivity index (χ3v) is 3.29. The summed E-state index contributed by atoms with van der Waals surface area (Å²) < 4.78 is 0. The molecule has 0 radical (unpaired) electrons. The summed E-state index contributed by atoms with van der Waals surface area (Å²) in [7, 11) is 0. The van der Waals surface area contributed by atoms with Crippen LogP contribution in [0.4, 0.5) is 5.69 Å². The molecule has 3 nitrogen and oxygen atoms in total. The maximum atomic E-state index is 9.32. The summed E-state index contributed by atoms with van der Waals surface area (Å²) in [6.07, 6.45) is 0. The molecule has 0 bridgehead atoms. The van der Waals surface area contributed by atoms with Crippen molar-refractivity contribution in [3.63, 3.8) is 0 Å². The normalized spacial score (nSPS) is 10.2. The zero-order valence-electron chi connectivity index (χ0n) is 10.6. The molecular formula is C15H15NO2S. The maximum Gasteiger partial charge on any atom is 0.115 e. The van der Waals surface area contributed by atoms with E-state index < -0.39 is 0 Å². The Balaban J connectivity index is 2.29. The molecule has 0 fully saturated rings. The lowest BCUT2D eigenvalue weighted by molar-refractivity contribution is 0.474. The number of phenols is 2. The van der Waals surface area contributed by atoms with E-state index in [1.807, 2.05) is 24.0 Å². The maximum absolute atomic E-state index is 9.32. The number of hydrogen-bond acceptors (Lipinski definition) is 3. The monoisotopic (exact) mass is 273 g/mol. The van der Waals surface area contributed by atoms with Crippen molar-refractivity contribution in [3.8, 4) is 11.5 Å². The topological polar surface area (TPSA) is 43.7 Å². The van der Waals surface area contributed by atoms with E-state index in [1.165, 1.54) is 0 Å². The van der Waals surface area contributed by atoms with E-state index in [1.54, 1.807) is 36.4 Å².